The highest BCUT2D eigenvalue weighted by molar-refractivity contribution is 5.81. The SMILES string of the molecule is CN(C)CCN1C(N)=NCC12CCCC(C(C)(C)C)CC2. The van der Waals surface area contributed by atoms with Gasteiger partial charge in [0.15, 0.2) is 5.96 Å². The first kappa shape index (κ1) is 16.6. The maximum Gasteiger partial charge on any atom is 0.191 e. The highest BCUT2D eigenvalue weighted by Crippen LogP contribution is 2.43. The zero-order chi connectivity index (χ0) is 15.7. The summed E-state index contributed by atoms with van der Waals surface area (Å²) in [7, 11) is 4.25. The number of aliphatic imine (C=N–C) groups is 1. The quantitative estimate of drug-likeness (QED) is 0.870. The molecule has 2 atom stereocenters. The van der Waals surface area contributed by atoms with E-state index in [-0.39, 0.29) is 5.54 Å². The summed E-state index contributed by atoms with van der Waals surface area (Å²) in [5.74, 6) is 1.60. The van der Waals surface area contributed by atoms with E-state index in [0.717, 1.165) is 31.5 Å². The van der Waals surface area contributed by atoms with Crippen molar-refractivity contribution >= 4 is 5.96 Å². The zero-order valence-corrected chi connectivity index (χ0v) is 14.7. The molecule has 21 heavy (non-hydrogen) atoms. The van der Waals surface area contributed by atoms with E-state index in [1.807, 2.05) is 0 Å². The summed E-state index contributed by atoms with van der Waals surface area (Å²) in [6.07, 6.45) is 6.46. The van der Waals surface area contributed by atoms with E-state index in [0.29, 0.717) is 5.41 Å². The second-order valence-corrected chi connectivity index (χ2v) is 8.35. The van der Waals surface area contributed by atoms with Crippen molar-refractivity contribution in [1.82, 2.24) is 9.80 Å². The number of nitrogens with zero attached hydrogens (tertiary/aromatic N) is 3. The topological polar surface area (TPSA) is 44.9 Å². The summed E-state index contributed by atoms with van der Waals surface area (Å²) in [6, 6.07) is 0. The fraction of sp³-hybridized carbons (Fsp3) is 0.941. The fourth-order valence-electron chi connectivity index (χ4n) is 3.98. The Morgan fingerprint density at radius 3 is 2.62 bits per heavy atom. The van der Waals surface area contributed by atoms with E-state index in [1.54, 1.807) is 0 Å². The lowest BCUT2D eigenvalue weighted by Gasteiger charge is -2.40. The van der Waals surface area contributed by atoms with Gasteiger partial charge in [0.2, 0.25) is 0 Å². The minimum absolute atomic E-state index is 0.208. The Morgan fingerprint density at radius 2 is 2.00 bits per heavy atom. The second kappa shape index (κ2) is 6.15. The molecule has 1 saturated carbocycles. The number of likely N-dealkylation sites (N-methyl/N-ethyl adjacent to an activating group) is 1. The first-order valence-electron chi connectivity index (χ1n) is 8.47. The van der Waals surface area contributed by atoms with Crippen molar-refractivity contribution in [2.75, 3.05) is 33.7 Å². The van der Waals surface area contributed by atoms with E-state index in [1.165, 1.54) is 32.1 Å². The van der Waals surface area contributed by atoms with Gasteiger partial charge >= 0.3 is 0 Å². The average molecular weight is 294 g/mol. The Morgan fingerprint density at radius 1 is 1.29 bits per heavy atom. The molecule has 1 spiro atoms. The Kier molecular flexibility index (Phi) is 4.86. The normalized spacial score (nSPS) is 30.9. The molecule has 0 amide bonds. The summed E-state index contributed by atoms with van der Waals surface area (Å²) in [5, 5.41) is 0. The maximum atomic E-state index is 6.20. The van der Waals surface area contributed by atoms with Crippen LogP contribution in [0.15, 0.2) is 4.99 Å². The molecule has 1 heterocycles. The highest BCUT2D eigenvalue weighted by atomic mass is 15.4. The largest absolute Gasteiger partial charge is 0.370 e. The third-order valence-corrected chi connectivity index (χ3v) is 5.53. The molecule has 0 radical (unpaired) electrons. The van der Waals surface area contributed by atoms with Crippen LogP contribution in [0.4, 0.5) is 0 Å². The molecule has 1 fully saturated rings. The van der Waals surface area contributed by atoms with Crippen LogP contribution >= 0.6 is 0 Å². The van der Waals surface area contributed by atoms with Gasteiger partial charge in [0, 0.05) is 13.1 Å². The molecular formula is C17H34N4. The molecule has 2 rings (SSSR count). The standard InChI is InChI=1S/C17H34N4/c1-16(2,3)14-7-6-9-17(10-8-14)13-19-15(18)21(17)12-11-20(4)5/h14H,6-13H2,1-5H3,(H2,18,19). The Labute approximate surface area is 130 Å². The van der Waals surface area contributed by atoms with Crippen LogP contribution in [0.25, 0.3) is 0 Å². The highest BCUT2D eigenvalue weighted by Gasteiger charge is 2.44. The predicted octanol–water partition coefficient (Wildman–Crippen LogP) is 2.54. The average Bonchev–Trinajstić information content (AvgIpc) is 2.56. The lowest BCUT2D eigenvalue weighted by molar-refractivity contribution is 0.153. The molecule has 1 aliphatic carbocycles. The number of hydrogen-bond donors (Lipinski definition) is 1. The third kappa shape index (κ3) is 3.71. The van der Waals surface area contributed by atoms with Crippen LogP contribution in [0.2, 0.25) is 0 Å². The van der Waals surface area contributed by atoms with Gasteiger partial charge in [0.05, 0.1) is 12.1 Å². The van der Waals surface area contributed by atoms with Gasteiger partial charge in [-0.2, -0.15) is 0 Å². The van der Waals surface area contributed by atoms with Gasteiger partial charge < -0.3 is 15.5 Å². The van der Waals surface area contributed by atoms with Crippen LogP contribution < -0.4 is 5.73 Å². The van der Waals surface area contributed by atoms with Crippen molar-refractivity contribution in [3.8, 4) is 0 Å². The van der Waals surface area contributed by atoms with Crippen LogP contribution in [-0.4, -0.2) is 55.0 Å². The van der Waals surface area contributed by atoms with Crippen LogP contribution in [0.1, 0.15) is 52.9 Å². The summed E-state index contributed by atoms with van der Waals surface area (Å²) < 4.78 is 0. The van der Waals surface area contributed by atoms with Crippen LogP contribution in [-0.2, 0) is 0 Å². The Hall–Kier alpha value is -0.770. The van der Waals surface area contributed by atoms with Crippen molar-refractivity contribution in [2.24, 2.45) is 22.1 Å². The zero-order valence-electron chi connectivity index (χ0n) is 14.7. The summed E-state index contributed by atoms with van der Waals surface area (Å²) in [6.45, 7) is 10.1. The van der Waals surface area contributed by atoms with Crippen molar-refractivity contribution in [1.29, 1.82) is 0 Å². The number of rotatable bonds is 3. The van der Waals surface area contributed by atoms with Crippen LogP contribution in [0.3, 0.4) is 0 Å². The molecule has 0 aromatic heterocycles. The van der Waals surface area contributed by atoms with E-state index >= 15 is 0 Å². The molecule has 0 aromatic rings. The van der Waals surface area contributed by atoms with E-state index in [2.05, 4.69) is 49.7 Å². The monoisotopic (exact) mass is 294 g/mol. The number of hydrogen-bond acceptors (Lipinski definition) is 4. The molecule has 0 bridgehead atoms. The number of nitrogens with two attached hydrogens (primary N) is 1. The van der Waals surface area contributed by atoms with Gasteiger partial charge in [0.25, 0.3) is 0 Å². The first-order valence-corrected chi connectivity index (χ1v) is 8.47. The van der Waals surface area contributed by atoms with Gasteiger partial charge in [-0.05, 0) is 51.1 Å². The van der Waals surface area contributed by atoms with Crippen molar-refractivity contribution < 1.29 is 0 Å². The van der Waals surface area contributed by atoms with Gasteiger partial charge in [-0.1, -0.05) is 27.2 Å². The van der Waals surface area contributed by atoms with E-state index < -0.39 is 0 Å². The van der Waals surface area contributed by atoms with E-state index in [4.69, 9.17) is 5.73 Å². The third-order valence-electron chi connectivity index (χ3n) is 5.53. The lowest BCUT2D eigenvalue weighted by atomic mass is 9.76. The fourth-order valence-corrected chi connectivity index (χ4v) is 3.98. The minimum atomic E-state index is 0.208. The molecule has 2 aliphatic rings. The molecular weight excluding hydrogens is 260 g/mol. The second-order valence-electron chi connectivity index (χ2n) is 8.35. The molecule has 2 unspecified atom stereocenters. The van der Waals surface area contributed by atoms with Crippen molar-refractivity contribution in [3.05, 3.63) is 0 Å². The lowest BCUT2D eigenvalue weighted by Crippen LogP contribution is -2.53. The first-order chi connectivity index (χ1) is 9.74. The maximum absolute atomic E-state index is 6.20. The minimum Gasteiger partial charge on any atom is -0.370 e. The van der Waals surface area contributed by atoms with Gasteiger partial charge in [-0.25, -0.2) is 0 Å². The predicted molar refractivity (Wildman–Crippen MR) is 90.5 cm³/mol. The van der Waals surface area contributed by atoms with Gasteiger partial charge in [-0.3, -0.25) is 4.99 Å². The van der Waals surface area contributed by atoms with Crippen molar-refractivity contribution in [3.63, 3.8) is 0 Å². The summed E-state index contributed by atoms with van der Waals surface area (Å²) in [4.78, 5) is 9.25. The van der Waals surface area contributed by atoms with Gasteiger partial charge in [-0.15, -0.1) is 0 Å². The van der Waals surface area contributed by atoms with E-state index in [9.17, 15) is 0 Å². The molecule has 1 aliphatic heterocycles. The summed E-state index contributed by atoms with van der Waals surface area (Å²) in [5.41, 5.74) is 6.83. The number of guanidine groups is 1. The molecule has 4 nitrogen and oxygen atoms in total. The van der Waals surface area contributed by atoms with Crippen LogP contribution in [0.5, 0.6) is 0 Å². The molecule has 122 valence electrons. The molecule has 4 heteroatoms. The molecule has 0 aromatic carbocycles. The molecule has 0 saturated heterocycles. The smallest absolute Gasteiger partial charge is 0.191 e. The van der Waals surface area contributed by atoms with Crippen molar-refractivity contribution in [2.45, 2.75) is 58.4 Å². The summed E-state index contributed by atoms with van der Waals surface area (Å²) >= 11 is 0. The Bertz CT molecular complexity index is 383. The van der Waals surface area contributed by atoms with Gasteiger partial charge in [0.1, 0.15) is 0 Å². The Balaban J connectivity index is 2.07. The van der Waals surface area contributed by atoms with Crippen LogP contribution in [0, 0.1) is 11.3 Å². The molecule has 2 N–H and O–H groups in total.